The molecule has 164 valence electrons. The van der Waals surface area contributed by atoms with Crippen LogP contribution in [0.3, 0.4) is 0 Å². The number of halogens is 3. The summed E-state index contributed by atoms with van der Waals surface area (Å²) in [7, 11) is 1.25. The van der Waals surface area contributed by atoms with Crippen LogP contribution in [-0.2, 0) is 9.47 Å². The maximum atomic E-state index is 14.7. The Morgan fingerprint density at radius 1 is 0.967 bits per heavy atom. The molecule has 0 saturated carbocycles. The molecule has 2 aromatic carbocycles. The van der Waals surface area contributed by atoms with Crippen LogP contribution in [0.2, 0.25) is 0 Å². The monoisotopic (exact) mass is 422 g/mol. The zero-order valence-corrected chi connectivity index (χ0v) is 17.6. The standard InChI is InChI=1S/C24H29F3O3/c1-3-4-5-6-13-29-22-12-8-17(15-30-22)16-7-9-18(20(25)14-16)19-10-11-21(28-2)24(27)23(19)26/h7,9-11,14,17,22H,3-6,8,12-13,15H2,1-2H3. The molecule has 3 rings (SSSR count). The van der Waals surface area contributed by atoms with Gasteiger partial charge in [-0.05, 0) is 43.0 Å². The average Bonchev–Trinajstić information content (AvgIpc) is 2.76. The molecule has 1 heterocycles. The summed E-state index contributed by atoms with van der Waals surface area (Å²) in [6, 6.07) is 7.24. The summed E-state index contributed by atoms with van der Waals surface area (Å²) in [6.45, 7) is 3.32. The van der Waals surface area contributed by atoms with Gasteiger partial charge in [0.2, 0.25) is 5.82 Å². The molecule has 0 bridgehead atoms. The van der Waals surface area contributed by atoms with Crippen molar-refractivity contribution in [1.82, 2.24) is 0 Å². The molecule has 0 N–H and O–H groups in total. The van der Waals surface area contributed by atoms with E-state index in [9.17, 15) is 13.2 Å². The van der Waals surface area contributed by atoms with Crippen LogP contribution in [-0.4, -0.2) is 26.6 Å². The predicted octanol–water partition coefficient (Wildman–Crippen LogP) is 6.60. The molecule has 2 atom stereocenters. The lowest BCUT2D eigenvalue weighted by Gasteiger charge is -2.29. The van der Waals surface area contributed by atoms with E-state index >= 15 is 0 Å². The Kier molecular flexibility index (Phi) is 8.16. The number of unbranched alkanes of at least 4 members (excludes halogenated alkanes) is 3. The fourth-order valence-corrected chi connectivity index (χ4v) is 3.77. The van der Waals surface area contributed by atoms with Crippen molar-refractivity contribution in [2.24, 2.45) is 0 Å². The molecule has 3 nitrogen and oxygen atoms in total. The van der Waals surface area contributed by atoms with E-state index in [4.69, 9.17) is 14.2 Å². The maximum absolute atomic E-state index is 14.7. The predicted molar refractivity (Wildman–Crippen MR) is 110 cm³/mol. The topological polar surface area (TPSA) is 27.7 Å². The molecule has 0 amide bonds. The molecule has 0 radical (unpaired) electrons. The van der Waals surface area contributed by atoms with Gasteiger partial charge in [-0.15, -0.1) is 0 Å². The summed E-state index contributed by atoms with van der Waals surface area (Å²) in [5.74, 6) is -3.01. The number of hydrogen-bond donors (Lipinski definition) is 0. The largest absolute Gasteiger partial charge is 0.494 e. The fourth-order valence-electron chi connectivity index (χ4n) is 3.77. The molecule has 30 heavy (non-hydrogen) atoms. The first-order chi connectivity index (χ1) is 14.5. The summed E-state index contributed by atoms with van der Waals surface area (Å²) >= 11 is 0. The van der Waals surface area contributed by atoms with Gasteiger partial charge in [-0.3, -0.25) is 0 Å². The molecule has 6 heteroatoms. The van der Waals surface area contributed by atoms with E-state index in [0.29, 0.717) is 13.2 Å². The van der Waals surface area contributed by atoms with Crippen LogP contribution >= 0.6 is 0 Å². The number of hydrogen-bond acceptors (Lipinski definition) is 3. The van der Waals surface area contributed by atoms with Crippen LogP contribution < -0.4 is 4.74 Å². The second-order valence-electron chi connectivity index (χ2n) is 7.65. The van der Waals surface area contributed by atoms with Gasteiger partial charge in [-0.2, -0.15) is 4.39 Å². The van der Waals surface area contributed by atoms with E-state index in [1.807, 2.05) is 0 Å². The van der Waals surface area contributed by atoms with Crippen molar-refractivity contribution in [3.63, 3.8) is 0 Å². The molecule has 0 aromatic heterocycles. The van der Waals surface area contributed by atoms with Crippen LogP contribution in [0.25, 0.3) is 11.1 Å². The highest BCUT2D eigenvalue weighted by Crippen LogP contribution is 2.34. The second-order valence-corrected chi connectivity index (χ2v) is 7.65. The fraction of sp³-hybridized carbons (Fsp3) is 0.500. The van der Waals surface area contributed by atoms with E-state index in [-0.39, 0.29) is 29.1 Å². The van der Waals surface area contributed by atoms with Crippen LogP contribution in [0.4, 0.5) is 13.2 Å². The molecule has 0 spiro atoms. The Hall–Kier alpha value is -2.05. The van der Waals surface area contributed by atoms with Gasteiger partial charge in [0.25, 0.3) is 0 Å². The van der Waals surface area contributed by atoms with Gasteiger partial charge in [0.15, 0.2) is 17.9 Å². The van der Waals surface area contributed by atoms with E-state index in [1.165, 1.54) is 44.2 Å². The third-order valence-electron chi connectivity index (χ3n) is 5.56. The first-order valence-corrected chi connectivity index (χ1v) is 10.6. The van der Waals surface area contributed by atoms with Gasteiger partial charge < -0.3 is 14.2 Å². The Balaban J connectivity index is 1.61. The lowest BCUT2D eigenvalue weighted by molar-refractivity contribution is -0.167. The number of rotatable bonds is 9. The highest BCUT2D eigenvalue weighted by atomic mass is 19.2. The summed E-state index contributed by atoms with van der Waals surface area (Å²) in [5.41, 5.74) is 0.670. The summed E-state index contributed by atoms with van der Waals surface area (Å²) in [6.07, 6.45) is 5.97. The zero-order valence-electron chi connectivity index (χ0n) is 17.6. The van der Waals surface area contributed by atoms with Crippen LogP contribution in [0.15, 0.2) is 30.3 Å². The second kappa shape index (κ2) is 10.8. The summed E-state index contributed by atoms with van der Waals surface area (Å²) < 4.78 is 59.4. The minimum atomic E-state index is -1.13. The Bertz CT molecular complexity index is 833. The highest BCUT2D eigenvalue weighted by molar-refractivity contribution is 5.66. The van der Waals surface area contributed by atoms with Crippen molar-refractivity contribution in [3.8, 4) is 16.9 Å². The smallest absolute Gasteiger partial charge is 0.201 e. The van der Waals surface area contributed by atoms with Gasteiger partial charge >= 0.3 is 0 Å². The molecule has 0 aliphatic carbocycles. The van der Waals surface area contributed by atoms with E-state index in [2.05, 4.69) is 6.92 Å². The average molecular weight is 422 g/mol. The number of ether oxygens (including phenoxy) is 3. The first-order valence-electron chi connectivity index (χ1n) is 10.6. The van der Waals surface area contributed by atoms with Gasteiger partial charge in [0.1, 0.15) is 5.82 Å². The minimum Gasteiger partial charge on any atom is -0.494 e. The molecule has 1 saturated heterocycles. The number of methoxy groups -OCH3 is 1. The van der Waals surface area contributed by atoms with E-state index in [1.54, 1.807) is 6.07 Å². The lowest BCUT2D eigenvalue weighted by atomic mass is 9.91. The van der Waals surface area contributed by atoms with Crippen molar-refractivity contribution >= 4 is 0 Å². The van der Waals surface area contributed by atoms with Crippen molar-refractivity contribution in [2.45, 2.75) is 57.7 Å². The molecular weight excluding hydrogens is 393 g/mol. The van der Waals surface area contributed by atoms with E-state index in [0.717, 1.165) is 31.2 Å². The zero-order chi connectivity index (χ0) is 21.5. The van der Waals surface area contributed by atoms with Crippen LogP contribution in [0, 0.1) is 17.5 Å². The van der Waals surface area contributed by atoms with Crippen molar-refractivity contribution < 1.29 is 27.4 Å². The van der Waals surface area contributed by atoms with Gasteiger partial charge in [0.05, 0.1) is 13.7 Å². The quantitative estimate of drug-likeness (QED) is 0.426. The van der Waals surface area contributed by atoms with E-state index < -0.39 is 17.5 Å². The van der Waals surface area contributed by atoms with Crippen molar-refractivity contribution in [1.29, 1.82) is 0 Å². The summed E-state index contributed by atoms with van der Waals surface area (Å²) in [4.78, 5) is 0. The Morgan fingerprint density at radius 2 is 1.77 bits per heavy atom. The molecule has 2 unspecified atom stereocenters. The normalized spacial score (nSPS) is 19.1. The van der Waals surface area contributed by atoms with Crippen LogP contribution in [0.1, 0.15) is 56.9 Å². The minimum absolute atomic E-state index is 0.0165. The summed E-state index contributed by atoms with van der Waals surface area (Å²) in [5, 5.41) is 0. The first kappa shape index (κ1) is 22.6. The van der Waals surface area contributed by atoms with Crippen LogP contribution in [0.5, 0.6) is 5.75 Å². The molecule has 1 aliphatic rings. The lowest BCUT2D eigenvalue weighted by Crippen LogP contribution is -2.27. The maximum Gasteiger partial charge on any atom is 0.201 e. The highest BCUT2D eigenvalue weighted by Gasteiger charge is 2.25. The molecule has 2 aromatic rings. The van der Waals surface area contributed by atoms with Gasteiger partial charge in [-0.25, -0.2) is 8.78 Å². The molecule has 1 fully saturated rings. The third kappa shape index (κ3) is 5.35. The van der Waals surface area contributed by atoms with Crippen molar-refractivity contribution in [2.75, 3.05) is 20.3 Å². The number of benzene rings is 2. The van der Waals surface area contributed by atoms with Gasteiger partial charge in [-0.1, -0.05) is 38.3 Å². The molecule has 1 aliphatic heterocycles. The Morgan fingerprint density at radius 3 is 2.43 bits per heavy atom. The SMILES string of the molecule is CCCCCCOC1CCC(c2ccc(-c3ccc(OC)c(F)c3F)c(F)c2)CO1. The molecular formula is C24H29F3O3. The van der Waals surface area contributed by atoms with Gasteiger partial charge in [0, 0.05) is 23.7 Å². The Labute approximate surface area is 176 Å². The third-order valence-corrected chi connectivity index (χ3v) is 5.56. The van der Waals surface area contributed by atoms with Crippen molar-refractivity contribution in [3.05, 3.63) is 53.3 Å².